The van der Waals surface area contributed by atoms with Crippen LogP contribution in [0.5, 0.6) is 0 Å². The van der Waals surface area contributed by atoms with Gasteiger partial charge in [0.25, 0.3) is 0 Å². The number of ether oxygens (including phenoxy) is 2. The summed E-state index contributed by atoms with van der Waals surface area (Å²) in [6, 6.07) is 0.569. The maximum atomic E-state index is 5.66. The Kier molecular flexibility index (Phi) is 5.64. The summed E-state index contributed by atoms with van der Waals surface area (Å²) in [5.74, 6) is 0. The van der Waals surface area contributed by atoms with E-state index in [1.807, 2.05) is 7.05 Å². The second-order valence-corrected chi connectivity index (χ2v) is 3.60. The summed E-state index contributed by atoms with van der Waals surface area (Å²) in [7, 11) is 1.91. The van der Waals surface area contributed by atoms with Gasteiger partial charge in [-0.15, -0.1) is 6.04 Å². The minimum Gasteiger partial charge on any atom is -0.662 e. The predicted octanol–water partition coefficient (Wildman–Crippen LogP) is 2.48. The molecule has 82 valence electrons. The SMILES string of the molecule is C=COCCOC1CCC([N-]C)CC1. The van der Waals surface area contributed by atoms with Gasteiger partial charge in [0, 0.05) is 0 Å². The highest BCUT2D eigenvalue weighted by atomic mass is 16.5. The molecule has 0 heterocycles. The van der Waals surface area contributed by atoms with Crippen molar-refractivity contribution in [2.45, 2.75) is 37.8 Å². The van der Waals surface area contributed by atoms with Crippen molar-refractivity contribution in [3.8, 4) is 0 Å². The monoisotopic (exact) mass is 198 g/mol. The van der Waals surface area contributed by atoms with E-state index in [0.29, 0.717) is 25.4 Å². The molecule has 0 bridgehead atoms. The first-order valence-corrected chi connectivity index (χ1v) is 5.30. The minimum absolute atomic E-state index is 0.418. The third-order valence-corrected chi connectivity index (χ3v) is 2.68. The van der Waals surface area contributed by atoms with E-state index in [0.717, 1.165) is 12.8 Å². The van der Waals surface area contributed by atoms with Gasteiger partial charge in [0.1, 0.15) is 6.61 Å². The van der Waals surface area contributed by atoms with E-state index in [1.165, 1.54) is 19.1 Å². The summed E-state index contributed by atoms with van der Waals surface area (Å²) in [6.07, 6.45) is 6.48. The third-order valence-electron chi connectivity index (χ3n) is 2.68. The van der Waals surface area contributed by atoms with Gasteiger partial charge in [0.15, 0.2) is 0 Å². The Bertz CT molecular complexity index is 153. The summed E-state index contributed by atoms with van der Waals surface area (Å²) < 4.78 is 10.7. The van der Waals surface area contributed by atoms with Gasteiger partial charge in [-0.2, -0.15) is 7.05 Å². The first-order chi connectivity index (χ1) is 6.86. The first-order valence-electron chi connectivity index (χ1n) is 5.30. The molecular formula is C11H20NO2-. The van der Waals surface area contributed by atoms with Crippen LogP contribution in [-0.4, -0.2) is 32.4 Å². The minimum atomic E-state index is 0.418. The molecule has 0 unspecified atom stereocenters. The molecule has 0 aromatic rings. The molecule has 0 atom stereocenters. The van der Waals surface area contributed by atoms with Crippen LogP contribution in [0, 0.1) is 0 Å². The fraction of sp³-hybridized carbons (Fsp3) is 0.818. The highest BCUT2D eigenvalue weighted by Gasteiger charge is 2.15. The highest BCUT2D eigenvalue weighted by molar-refractivity contribution is 4.90. The van der Waals surface area contributed by atoms with Crippen molar-refractivity contribution >= 4 is 0 Å². The lowest BCUT2D eigenvalue weighted by molar-refractivity contribution is 0.00500. The zero-order valence-corrected chi connectivity index (χ0v) is 8.95. The van der Waals surface area contributed by atoms with Crippen LogP contribution in [0.4, 0.5) is 0 Å². The van der Waals surface area contributed by atoms with Crippen LogP contribution in [0.15, 0.2) is 12.8 Å². The van der Waals surface area contributed by atoms with Crippen molar-refractivity contribution in [3.63, 3.8) is 0 Å². The molecule has 1 fully saturated rings. The van der Waals surface area contributed by atoms with Gasteiger partial charge in [0.05, 0.1) is 19.0 Å². The molecule has 0 aromatic heterocycles. The molecule has 1 rings (SSSR count). The van der Waals surface area contributed by atoms with Gasteiger partial charge in [-0.25, -0.2) is 0 Å². The fourth-order valence-corrected chi connectivity index (χ4v) is 1.82. The van der Waals surface area contributed by atoms with Crippen molar-refractivity contribution in [3.05, 3.63) is 18.2 Å². The highest BCUT2D eigenvalue weighted by Crippen LogP contribution is 2.24. The molecule has 3 heteroatoms. The van der Waals surface area contributed by atoms with E-state index in [-0.39, 0.29) is 0 Å². The van der Waals surface area contributed by atoms with Gasteiger partial charge in [-0.3, -0.25) is 0 Å². The quantitative estimate of drug-likeness (QED) is 0.485. The molecule has 0 saturated heterocycles. The molecule has 0 radical (unpaired) electrons. The standard InChI is InChI=1S/C11H20NO2/c1-3-13-8-9-14-11-6-4-10(12-2)5-7-11/h3,10-11H,1,4-9H2,2H3/q-1. The molecular weight excluding hydrogens is 178 g/mol. The Labute approximate surface area is 86.5 Å². The number of hydrogen-bond donors (Lipinski definition) is 0. The van der Waals surface area contributed by atoms with Crippen LogP contribution in [0.2, 0.25) is 0 Å². The number of nitrogens with zero attached hydrogens (tertiary/aromatic N) is 1. The van der Waals surface area contributed by atoms with Crippen molar-refractivity contribution in [2.75, 3.05) is 20.3 Å². The van der Waals surface area contributed by atoms with E-state index in [2.05, 4.69) is 11.9 Å². The number of hydrogen-bond acceptors (Lipinski definition) is 2. The van der Waals surface area contributed by atoms with E-state index >= 15 is 0 Å². The predicted molar refractivity (Wildman–Crippen MR) is 57.4 cm³/mol. The number of rotatable bonds is 6. The second kappa shape index (κ2) is 6.85. The van der Waals surface area contributed by atoms with Crippen molar-refractivity contribution in [1.29, 1.82) is 0 Å². The van der Waals surface area contributed by atoms with Crippen LogP contribution in [0.1, 0.15) is 25.7 Å². The molecule has 0 amide bonds. The smallest absolute Gasteiger partial charge is 0.111 e. The van der Waals surface area contributed by atoms with Crippen LogP contribution in [0.25, 0.3) is 5.32 Å². The maximum absolute atomic E-state index is 5.66. The Balaban J connectivity index is 2.01. The average Bonchev–Trinajstić information content (AvgIpc) is 2.25. The lowest BCUT2D eigenvalue weighted by Crippen LogP contribution is -2.25. The van der Waals surface area contributed by atoms with E-state index < -0.39 is 0 Å². The van der Waals surface area contributed by atoms with Gasteiger partial charge < -0.3 is 14.8 Å². The second-order valence-electron chi connectivity index (χ2n) is 3.60. The molecule has 1 aliphatic carbocycles. The maximum Gasteiger partial charge on any atom is 0.111 e. The zero-order valence-electron chi connectivity index (χ0n) is 8.95. The lowest BCUT2D eigenvalue weighted by atomic mass is 9.93. The molecule has 0 aromatic carbocycles. The van der Waals surface area contributed by atoms with Gasteiger partial charge in [-0.05, 0) is 12.8 Å². The van der Waals surface area contributed by atoms with Crippen molar-refractivity contribution in [1.82, 2.24) is 0 Å². The first kappa shape index (κ1) is 11.5. The van der Waals surface area contributed by atoms with Crippen LogP contribution in [-0.2, 0) is 9.47 Å². The fourth-order valence-electron chi connectivity index (χ4n) is 1.82. The third kappa shape index (κ3) is 4.11. The van der Waals surface area contributed by atoms with Crippen LogP contribution < -0.4 is 0 Å². The van der Waals surface area contributed by atoms with Crippen LogP contribution >= 0.6 is 0 Å². The Morgan fingerprint density at radius 1 is 1.29 bits per heavy atom. The normalized spacial score (nSPS) is 27.2. The molecule has 14 heavy (non-hydrogen) atoms. The van der Waals surface area contributed by atoms with Crippen LogP contribution in [0.3, 0.4) is 0 Å². The van der Waals surface area contributed by atoms with Gasteiger partial charge in [0.2, 0.25) is 0 Å². The Morgan fingerprint density at radius 3 is 2.57 bits per heavy atom. The average molecular weight is 198 g/mol. The van der Waals surface area contributed by atoms with E-state index in [1.54, 1.807) is 0 Å². The summed E-state index contributed by atoms with van der Waals surface area (Å²) in [4.78, 5) is 0. The van der Waals surface area contributed by atoms with Crippen molar-refractivity contribution < 1.29 is 9.47 Å². The van der Waals surface area contributed by atoms with Gasteiger partial charge in [-0.1, -0.05) is 19.4 Å². The molecule has 1 saturated carbocycles. The summed E-state index contributed by atoms with van der Waals surface area (Å²) >= 11 is 0. The Hall–Kier alpha value is -0.540. The summed E-state index contributed by atoms with van der Waals surface area (Å²) in [6.45, 7) is 4.76. The largest absolute Gasteiger partial charge is 0.662 e. The molecule has 3 nitrogen and oxygen atoms in total. The molecule has 0 N–H and O–H groups in total. The molecule has 1 aliphatic rings. The van der Waals surface area contributed by atoms with Gasteiger partial charge >= 0.3 is 0 Å². The lowest BCUT2D eigenvalue weighted by Gasteiger charge is -2.35. The summed E-state index contributed by atoms with van der Waals surface area (Å²) in [5, 5.41) is 4.30. The Morgan fingerprint density at radius 2 is 2.00 bits per heavy atom. The van der Waals surface area contributed by atoms with Crippen molar-refractivity contribution in [2.24, 2.45) is 0 Å². The topological polar surface area (TPSA) is 32.6 Å². The molecule has 0 spiro atoms. The van der Waals surface area contributed by atoms with E-state index in [9.17, 15) is 0 Å². The molecule has 0 aliphatic heterocycles. The zero-order chi connectivity index (χ0) is 10.2. The van der Waals surface area contributed by atoms with E-state index in [4.69, 9.17) is 9.47 Å². The summed E-state index contributed by atoms with van der Waals surface area (Å²) in [5.41, 5.74) is 0.